The predicted octanol–water partition coefficient (Wildman–Crippen LogP) is 20.1. The number of nitrogens with zero attached hydrogens (tertiary/aromatic N) is 12. The van der Waals surface area contributed by atoms with Crippen LogP contribution in [0.1, 0.15) is 174 Å². The number of aryl methyl sites for hydroxylation is 5. The summed E-state index contributed by atoms with van der Waals surface area (Å²) in [6.07, 6.45) is 20.2. The van der Waals surface area contributed by atoms with Crippen molar-refractivity contribution in [2.75, 3.05) is 53.5 Å². The van der Waals surface area contributed by atoms with Crippen LogP contribution in [0.5, 0.6) is 0 Å². The number of benzene rings is 4. The van der Waals surface area contributed by atoms with Crippen LogP contribution in [-0.2, 0) is 44.9 Å². The molecule has 0 aliphatic heterocycles. The van der Waals surface area contributed by atoms with Gasteiger partial charge in [0.2, 0.25) is 29.6 Å². The summed E-state index contributed by atoms with van der Waals surface area (Å²) in [6, 6.07) is 45.9. The van der Waals surface area contributed by atoms with Gasteiger partial charge in [0.25, 0.3) is 0 Å². The van der Waals surface area contributed by atoms with Gasteiger partial charge >= 0.3 is 0 Å². The van der Waals surface area contributed by atoms with Crippen molar-refractivity contribution in [2.45, 2.75) is 137 Å². The van der Waals surface area contributed by atoms with Crippen molar-refractivity contribution < 1.29 is 60.3 Å². The molecule has 21 nitrogen and oxygen atoms in total. The average molecular weight is 1700 g/mol. The van der Waals surface area contributed by atoms with E-state index in [0.29, 0.717) is 175 Å². The average Bonchev–Trinajstić information content (AvgIpc) is 0.828. The number of amides is 4. The van der Waals surface area contributed by atoms with Crippen molar-refractivity contribution >= 4 is 86.9 Å². The molecule has 27 heteroatoms. The van der Waals surface area contributed by atoms with E-state index in [-0.39, 0.29) is 75.9 Å². The summed E-state index contributed by atoms with van der Waals surface area (Å²) in [5, 5.41) is 0.415. The number of nitrogens with two attached hydrogens (primary N) is 1. The van der Waals surface area contributed by atoms with Crippen molar-refractivity contribution in [3.05, 3.63) is 304 Å². The summed E-state index contributed by atoms with van der Waals surface area (Å²) in [7, 11) is 6.25. The number of carbonyl (C=O) groups excluding carboxylic acids is 8. The highest BCUT2D eigenvalue weighted by molar-refractivity contribution is 6.29. The first-order valence-corrected chi connectivity index (χ1v) is 41.0. The second-order valence-electron chi connectivity index (χ2n) is 29.3. The van der Waals surface area contributed by atoms with Crippen LogP contribution in [0.25, 0.3) is 45.0 Å². The number of ketones is 4. The minimum absolute atomic E-state index is 0.00258. The number of aromatic nitrogens is 8. The zero-order chi connectivity index (χ0) is 89.5. The number of hydrogen-bond acceptors (Lipinski definition) is 17. The topological polar surface area (TPSA) is 279 Å². The summed E-state index contributed by atoms with van der Waals surface area (Å²) in [5.41, 5.74) is 17.5. The molecule has 0 atom stereocenters. The van der Waals surface area contributed by atoms with E-state index in [1.165, 1.54) is 80.9 Å². The second kappa shape index (κ2) is 46.4. The Balaban J connectivity index is 0.000000187. The number of rotatable bonds is 32. The van der Waals surface area contributed by atoms with Crippen LogP contribution < -0.4 is 25.3 Å². The minimum atomic E-state index is -0.557. The fourth-order valence-corrected chi connectivity index (χ4v) is 12.8. The molecule has 0 saturated carbocycles. The maximum Gasteiger partial charge on any atom is 0.226 e. The Morgan fingerprint density at radius 1 is 0.306 bits per heavy atom. The zero-order valence-corrected chi connectivity index (χ0v) is 71.3. The highest BCUT2D eigenvalue weighted by atomic mass is 35.5. The molecule has 12 rings (SSSR count). The third kappa shape index (κ3) is 27.2. The van der Waals surface area contributed by atoms with Gasteiger partial charge in [0.1, 0.15) is 34.2 Å². The lowest BCUT2D eigenvalue weighted by molar-refractivity contribution is -0.119. The van der Waals surface area contributed by atoms with Crippen molar-refractivity contribution in [1.29, 1.82) is 0 Å². The van der Waals surface area contributed by atoms with Crippen molar-refractivity contribution in [3.8, 4) is 45.0 Å². The van der Waals surface area contributed by atoms with Gasteiger partial charge in [0.15, 0.2) is 23.1 Å². The van der Waals surface area contributed by atoms with E-state index in [2.05, 4.69) is 39.9 Å². The van der Waals surface area contributed by atoms with E-state index in [1.807, 2.05) is 58.9 Å². The Hall–Kier alpha value is -13.6. The van der Waals surface area contributed by atoms with Crippen LogP contribution in [-0.4, -0.2) is 115 Å². The molecule has 2 N–H and O–H groups in total. The molecular weight excluding hydrogens is 1610 g/mol. The second-order valence-corrected chi connectivity index (χ2v) is 29.7. The Morgan fingerprint density at radius 2 is 0.581 bits per heavy atom. The monoisotopic (exact) mass is 1700 g/mol. The molecule has 0 aliphatic rings. The number of pyridine rings is 8. The normalized spacial score (nSPS) is 10.7. The zero-order valence-electron chi connectivity index (χ0n) is 70.6. The van der Waals surface area contributed by atoms with Crippen molar-refractivity contribution in [3.63, 3.8) is 0 Å². The lowest BCUT2D eigenvalue weighted by atomic mass is 10.0. The molecule has 8 aromatic heterocycles. The van der Waals surface area contributed by atoms with Crippen molar-refractivity contribution in [1.82, 2.24) is 39.9 Å². The van der Waals surface area contributed by atoms with Gasteiger partial charge in [0.05, 0.1) is 45.5 Å². The number of Topliss-reactive ketones (excluding diaryl/α,β-unsaturated/α-hetero) is 4. The van der Waals surface area contributed by atoms with Crippen LogP contribution in [0.3, 0.4) is 0 Å². The summed E-state index contributed by atoms with van der Waals surface area (Å²) in [5.74, 6) is -2.82. The smallest absolute Gasteiger partial charge is 0.226 e. The maximum absolute atomic E-state index is 14.6. The van der Waals surface area contributed by atoms with Gasteiger partial charge < -0.3 is 25.3 Å². The molecule has 12 aromatic rings. The molecule has 8 heterocycles. The maximum atomic E-state index is 14.6. The molecule has 124 heavy (non-hydrogen) atoms. The SMILES string of the molecule is CCCC(=O)N(C)c1ccc(-c2ccc(C(=O)CCc3ccc(C)nc3)cn2)cc1F.CCCC(=O)N(C)c1ccc(-c2ccc(C(=O)CCc3ccc(Cl)nc3)cn2)cc1F.CCCC(=O)N(C)c1ccc(-c2ccc(C(=O)CCc3ccc(F)nc3)cn2)cc1F.CCCC(=O)N(C)c1ccc(-c2ccc(C(=O)CCc3ccc(N)nc3)cn2)cc1F. The summed E-state index contributed by atoms with van der Waals surface area (Å²) in [4.78, 5) is 136. The predicted molar refractivity (Wildman–Crippen MR) is 473 cm³/mol. The van der Waals surface area contributed by atoms with Crippen LogP contribution in [0.4, 0.5) is 50.5 Å². The largest absolute Gasteiger partial charge is 0.384 e. The van der Waals surface area contributed by atoms with Crippen LogP contribution in [0.2, 0.25) is 5.15 Å². The summed E-state index contributed by atoms with van der Waals surface area (Å²) in [6.45, 7) is 9.53. The minimum Gasteiger partial charge on any atom is -0.384 e. The third-order valence-corrected chi connectivity index (χ3v) is 20.3. The Bertz CT molecular complexity index is 4970. The van der Waals surface area contributed by atoms with Crippen LogP contribution in [0.15, 0.2) is 219 Å². The summed E-state index contributed by atoms with van der Waals surface area (Å²) < 4.78 is 71.2. The molecular formula is C97H97ClF5N13O8. The highest BCUT2D eigenvalue weighted by Crippen LogP contribution is 2.32. The first-order chi connectivity index (χ1) is 59.5. The van der Waals surface area contributed by atoms with E-state index in [1.54, 1.807) is 162 Å². The standard InChI is InChI=1S/C25H26FN3O2.C24H23ClFN3O2.C24H23F2N3O2.C24H25FN4O2/c1-4-5-25(31)29(3)23-12-10-19(14-21(23)26)22-11-9-20(16-28-22)24(30)13-8-18-7-6-17(2)27-15-18;1-3-4-24(31)29(2)21-10-8-17(13-19(21)26)20-9-7-18(15-27-20)22(30)11-5-16-6-12-23(25)28-14-16;2*1-3-4-24(31)29(2)21-10-8-17(13-19(21)25)20-9-7-18(15-27-20)22(30)11-5-16-6-12-23(26)28-14-16/h6-7,9-12,14-16H,4-5,8,13H2,1-3H3;2*6-10,12-15H,3-5,11H2,1-2H3;6-10,12-15H,3-5,11H2,1-2H3,(H2,26,28). The highest BCUT2D eigenvalue weighted by Gasteiger charge is 2.22. The number of anilines is 5. The number of halogens is 6. The van der Waals surface area contributed by atoms with Gasteiger partial charge in [-0.05, 0) is 202 Å². The fraction of sp³-hybridized carbons (Fsp3) is 0.258. The van der Waals surface area contributed by atoms with Gasteiger partial charge in [-0.1, -0.05) is 87.8 Å². The quantitative estimate of drug-likeness (QED) is 0.0233. The molecule has 4 amide bonds. The number of carbonyl (C=O) groups is 8. The van der Waals surface area contributed by atoms with E-state index in [9.17, 15) is 60.3 Å². The van der Waals surface area contributed by atoms with E-state index in [0.717, 1.165) is 27.9 Å². The van der Waals surface area contributed by atoms with Gasteiger partial charge in [-0.25, -0.2) is 32.5 Å². The number of nitrogen functional groups attached to an aromatic ring is 1. The first-order valence-electron chi connectivity index (χ1n) is 40.6. The lowest BCUT2D eigenvalue weighted by Crippen LogP contribution is -2.26. The van der Waals surface area contributed by atoms with Crippen molar-refractivity contribution in [2.24, 2.45) is 0 Å². The van der Waals surface area contributed by atoms with Gasteiger partial charge in [-0.15, -0.1) is 0 Å². The first kappa shape index (κ1) is 94.2. The number of hydrogen-bond donors (Lipinski definition) is 1. The molecule has 0 aliphatic carbocycles. The van der Waals surface area contributed by atoms with Gasteiger partial charge in [-0.3, -0.25) is 63.3 Å². The molecule has 640 valence electrons. The third-order valence-electron chi connectivity index (χ3n) is 20.1. The Kier molecular flexibility index (Phi) is 35.3. The van der Waals surface area contributed by atoms with E-state index >= 15 is 0 Å². The fourth-order valence-electron chi connectivity index (χ4n) is 12.7. The Labute approximate surface area is 723 Å². The molecule has 0 saturated heterocycles. The Morgan fingerprint density at radius 3 is 0.806 bits per heavy atom. The molecule has 0 bridgehead atoms. The molecule has 0 spiro atoms. The lowest BCUT2D eigenvalue weighted by Gasteiger charge is -2.18. The van der Waals surface area contributed by atoms with Crippen LogP contribution >= 0.6 is 11.6 Å². The summed E-state index contributed by atoms with van der Waals surface area (Å²) >= 11 is 5.77. The van der Waals surface area contributed by atoms with Gasteiger partial charge in [-0.2, -0.15) is 4.39 Å². The molecule has 0 fully saturated rings. The van der Waals surface area contributed by atoms with Gasteiger partial charge in [0, 0.05) is 179 Å². The van der Waals surface area contributed by atoms with E-state index in [4.69, 9.17) is 17.3 Å². The van der Waals surface area contributed by atoms with E-state index < -0.39 is 29.2 Å². The molecule has 4 aromatic carbocycles. The van der Waals surface area contributed by atoms with Crippen LogP contribution in [0, 0.1) is 36.1 Å². The molecule has 0 unspecified atom stereocenters. The molecule has 0 radical (unpaired) electrons.